The highest BCUT2D eigenvalue weighted by atomic mass is 35.5. The number of halogens is 1. The summed E-state index contributed by atoms with van der Waals surface area (Å²) in [6.07, 6.45) is 0. The Balaban J connectivity index is 1.72. The van der Waals surface area contributed by atoms with Gasteiger partial charge in [-0.2, -0.15) is 0 Å². The third-order valence-electron chi connectivity index (χ3n) is 3.69. The molecule has 5 nitrogen and oxygen atoms in total. The lowest BCUT2D eigenvalue weighted by Gasteiger charge is -2.37. The summed E-state index contributed by atoms with van der Waals surface area (Å²) in [5, 5.41) is 0.705. The number of nitrogens with zero attached hydrogens (tertiary/aromatic N) is 2. The van der Waals surface area contributed by atoms with E-state index in [-0.39, 0.29) is 5.69 Å². The average Bonchev–Trinajstić information content (AvgIpc) is 2.48. The lowest BCUT2D eigenvalue weighted by Crippen LogP contribution is -2.51. The minimum atomic E-state index is -0.558. The number of hydrogen-bond acceptors (Lipinski definition) is 5. The van der Waals surface area contributed by atoms with Crippen molar-refractivity contribution in [3.63, 3.8) is 0 Å². The molecule has 1 heterocycles. The number of benzene rings is 1. The quantitative estimate of drug-likeness (QED) is 0.831. The van der Waals surface area contributed by atoms with E-state index in [4.69, 9.17) is 17.3 Å². The van der Waals surface area contributed by atoms with Crippen LogP contribution in [-0.2, 0) is 0 Å². The van der Waals surface area contributed by atoms with Gasteiger partial charge in [-0.25, -0.2) is 0 Å². The van der Waals surface area contributed by atoms with Crippen LogP contribution in [0.15, 0.2) is 33.9 Å². The summed E-state index contributed by atoms with van der Waals surface area (Å²) in [6.45, 7) is 2.86. The zero-order valence-electron chi connectivity index (χ0n) is 10.8. The first-order chi connectivity index (χ1) is 9.58. The predicted molar refractivity (Wildman–Crippen MR) is 81.6 cm³/mol. The summed E-state index contributed by atoms with van der Waals surface area (Å²) in [5.41, 5.74) is 6.13. The lowest BCUT2D eigenvalue weighted by molar-refractivity contribution is 0.651. The van der Waals surface area contributed by atoms with Gasteiger partial charge in [-0.15, -0.1) is 0 Å². The Morgan fingerprint density at radius 3 is 2.25 bits per heavy atom. The van der Waals surface area contributed by atoms with Gasteiger partial charge in [-0.05, 0) is 18.2 Å². The smallest absolute Gasteiger partial charge is 0.253 e. The second-order valence-corrected chi connectivity index (χ2v) is 5.31. The number of piperazine rings is 1. The van der Waals surface area contributed by atoms with E-state index in [1.807, 2.05) is 29.2 Å². The fraction of sp³-hybridized carbons (Fsp3) is 0.286. The molecule has 2 aromatic rings. The van der Waals surface area contributed by atoms with E-state index in [0.29, 0.717) is 23.8 Å². The van der Waals surface area contributed by atoms with Crippen molar-refractivity contribution in [2.75, 3.05) is 41.7 Å². The Kier molecular flexibility index (Phi) is 3.14. The van der Waals surface area contributed by atoms with Gasteiger partial charge < -0.3 is 15.5 Å². The Morgan fingerprint density at radius 1 is 1.00 bits per heavy atom. The van der Waals surface area contributed by atoms with Gasteiger partial charge in [-0.3, -0.25) is 9.59 Å². The number of nitrogens with two attached hydrogens (primary N) is 1. The molecule has 0 spiro atoms. The van der Waals surface area contributed by atoms with E-state index in [0.717, 1.165) is 18.8 Å². The van der Waals surface area contributed by atoms with Crippen LogP contribution in [0.3, 0.4) is 0 Å². The van der Waals surface area contributed by atoms with Crippen LogP contribution in [0.5, 0.6) is 0 Å². The summed E-state index contributed by atoms with van der Waals surface area (Å²) >= 11 is 5.99. The Bertz CT molecular complexity index is 713. The third-order valence-corrected chi connectivity index (χ3v) is 3.93. The van der Waals surface area contributed by atoms with Gasteiger partial charge in [-0.1, -0.05) is 17.7 Å². The van der Waals surface area contributed by atoms with Crippen LogP contribution < -0.4 is 26.4 Å². The highest BCUT2D eigenvalue weighted by Crippen LogP contribution is 2.23. The molecule has 0 saturated carbocycles. The van der Waals surface area contributed by atoms with Crippen LogP contribution in [0.25, 0.3) is 0 Å². The maximum absolute atomic E-state index is 11.5. The van der Waals surface area contributed by atoms with Crippen molar-refractivity contribution in [1.82, 2.24) is 0 Å². The molecule has 1 aliphatic rings. The average molecular weight is 292 g/mol. The highest BCUT2D eigenvalue weighted by Gasteiger charge is 2.26. The molecule has 20 heavy (non-hydrogen) atoms. The molecular formula is C14H14ClN3O2. The second kappa shape index (κ2) is 4.83. The zero-order chi connectivity index (χ0) is 14.3. The first kappa shape index (κ1) is 13.0. The SMILES string of the molecule is Nc1c(N2CCN(c3cccc(Cl)c3)CC2)c(=O)c1=O. The van der Waals surface area contributed by atoms with Crippen LogP contribution >= 0.6 is 11.6 Å². The van der Waals surface area contributed by atoms with Crippen molar-refractivity contribution in [3.8, 4) is 0 Å². The molecular weight excluding hydrogens is 278 g/mol. The fourth-order valence-electron chi connectivity index (χ4n) is 2.57. The van der Waals surface area contributed by atoms with Gasteiger partial charge in [0.25, 0.3) is 10.9 Å². The van der Waals surface area contributed by atoms with E-state index >= 15 is 0 Å². The molecule has 0 aromatic heterocycles. The first-order valence-electron chi connectivity index (χ1n) is 6.42. The summed E-state index contributed by atoms with van der Waals surface area (Å²) in [7, 11) is 0. The van der Waals surface area contributed by atoms with Crippen LogP contribution in [0, 0.1) is 0 Å². The van der Waals surface area contributed by atoms with E-state index < -0.39 is 10.9 Å². The molecule has 0 radical (unpaired) electrons. The molecule has 2 aromatic carbocycles. The minimum Gasteiger partial charge on any atom is -0.394 e. The van der Waals surface area contributed by atoms with E-state index in [1.165, 1.54) is 0 Å². The van der Waals surface area contributed by atoms with E-state index in [1.54, 1.807) is 0 Å². The molecule has 104 valence electrons. The van der Waals surface area contributed by atoms with Crippen LogP contribution in [0.2, 0.25) is 5.02 Å². The van der Waals surface area contributed by atoms with Gasteiger partial charge in [0.2, 0.25) is 0 Å². The summed E-state index contributed by atoms with van der Waals surface area (Å²) in [4.78, 5) is 26.7. The van der Waals surface area contributed by atoms with Crippen molar-refractivity contribution < 1.29 is 0 Å². The van der Waals surface area contributed by atoms with Gasteiger partial charge in [0.15, 0.2) is 0 Å². The van der Waals surface area contributed by atoms with Crippen molar-refractivity contribution >= 4 is 28.7 Å². The molecule has 0 unspecified atom stereocenters. The maximum Gasteiger partial charge on any atom is 0.253 e. The van der Waals surface area contributed by atoms with Gasteiger partial charge in [0, 0.05) is 36.9 Å². The number of anilines is 3. The van der Waals surface area contributed by atoms with Crippen molar-refractivity contribution in [1.29, 1.82) is 0 Å². The molecule has 0 amide bonds. The fourth-order valence-corrected chi connectivity index (χ4v) is 2.76. The minimum absolute atomic E-state index is 0.103. The van der Waals surface area contributed by atoms with Crippen LogP contribution in [0.4, 0.5) is 17.1 Å². The maximum atomic E-state index is 11.5. The highest BCUT2D eigenvalue weighted by molar-refractivity contribution is 6.30. The zero-order valence-corrected chi connectivity index (χ0v) is 11.6. The standard InChI is InChI=1S/C14H14ClN3O2/c15-9-2-1-3-10(8-9)17-4-6-18(7-5-17)12-11(16)13(19)14(12)20/h1-3,8H,4-7,16H2. The van der Waals surface area contributed by atoms with E-state index in [9.17, 15) is 9.59 Å². The molecule has 6 heteroatoms. The first-order valence-corrected chi connectivity index (χ1v) is 6.80. The topological polar surface area (TPSA) is 66.6 Å². The number of rotatable bonds is 2. The van der Waals surface area contributed by atoms with Crippen LogP contribution in [0.1, 0.15) is 0 Å². The van der Waals surface area contributed by atoms with Crippen molar-refractivity contribution in [2.24, 2.45) is 0 Å². The predicted octanol–water partition coefficient (Wildman–Crippen LogP) is 0.845. The van der Waals surface area contributed by atoms with Gasteiger partial charge in [0.05, 0.1) is 0 Å². The third kappa shape index (κ3) is 2.04. The molecule has 1 fully saturated rings. The Morgan fingerprint density at radius 2 is 1.65 bits per heavy atom. The molecule has 3 rings (SSSR count). The molecule has 0 bridgehead atoms. The van der Waals surface area contributed by atoms with Gasteiger partial charge >= 0.3 is 0 Å². The van der Waals surface area contributed by atoms with Crippen LogP contribution in [-0.4, -0.2) is 26.2 Å². The monoisotopic (exact) mass is 291 g/mol. The molecule has 1 aliphatic heterocycles. The Labute approximate surface area is 120 Å². The number of hydrogen-bond donors (Lipinski definition) is 1. The summed E-state index contributed by atoms with van der Waals surface area (Å²) in [6, 6.07) is 7.68. The lowest BCUT2D eigenvalue weighted by atomic mass is 10.1. The summed E-state index contributed by atoms with van der Waals surface area (Å²) < 4.78 is 0. The summed E-state index contributed by atoms with van der Waals surface area (Å²) in [5.74, 6) is 0. The molecule has 0 aliphatic carbocycles. The molecule has 1 saturated heterocycles. The van der Waals surface area contributed by atoms with Crippen molar-refractivity contribution in [2.45, 2.75) is 0 Å². The molecule has 0 atom stereocenters. The molecule has 2 N–H and O–H groups in total. The largest absolute Gasteiger partial charge is 0.394 e. The second-order valence-electron chi connectivity index (χ2n) is 4.87. The number of nitrogen functional groups attached to an aromatic ring is 1. The van der Waals surface area contributed by atoms with Gasteiger partial charge in [0.1, 0.15) is 11.4 Å². The van der Waals surface area contributed by atoms with Crippen molar-refractivity contribution in [3.05, 3.63) is 49.7 Å². The van der Waals surface area contributed by atoms with E-state index in [2.05, 4.69) is 4.90 Å². The Hall–Kier alpha value is -2.01. The normalized spacial score (nSPS) is 15.8.